The molecule has 0 N–H and O–H groups in total. The average Bonchev–Trinajstić information content (AvgIpc) is 3.48. The van der Waals surface area contributed by atoms with E-state index in [-0.39, 0.29) is 22.2 Å². The van der Waals surface area contributed by atoms with Gasteiger partial charge in [-0.2, -0.15) is 4.98 Å². The zero-order valence-corrected chi connectivity index (χ0v) is 23.7. The Morgan fingerprint density at radius 1 is 1.02 bits per heavy atom. The first-order chi connectivity index (χ1) is 19.8. The molecule has 7 aliphatic rings. The molecular weight excluding hydrogens is 523 g/mol. The van der Waals surface area contributed by atoms with Crippen molar-refractivity contribution >= 4 is 11.6 Å². The highest BCUT2D eigenvalue weighted by molar-refractivity contribution is 5.95. The number of carbonyl (C=O) groups is 1. The van der Waals surface area contributed by atoms with Gasteiger partial charge in [0.05, 0.1) is 12.7 Å². The summed E-state index contributed by atoms with van der Waals surface area (Å²) in [5.74, 6) is 2.68. The summed E-state index contributed by atoms with van der Waals surface area (Å²) in [6, 6.07) is 9.75. The number of rotatable bonds is 10. The first-order valence-corrected chi connectivity index (χ1v) is 15.3. The number of hydrogen-bond donors (Lipinski definition) is 0. The van der Waals surface area contributed by atoms with Gasteiger partial charge in [-0.3, -0.25) is 4.79 Å². The number of amides is 1. The Kier molecular flexibility index (Phi) is 5.52. The number of aromatic nitrogens is 3. The molecule has 9 heteroatoms. The highest BCUT2D eigenvalue weighted by Gasteiger charge is 2.69. The van der Waals surface area contributed by atoms with Gasteiger partial charge in [0.2, 0.25) is 11.8 Å². The lowest BCUT2D eigenvalue weighted by Crippen LogP contribution is -2.65. The summed E-state index contributed by atoms with van der Waals surface area (Å²) in [6.45, 7) is 3.06. The molecule has 41 heavy (non-hydrogen) atoms. The summed E-state index contributed by atoms with van der Waals surface area (Å²) in [6.07, 6.45) is 10.4. The van der Waals surface area contributed by atoms with Crippen molar-refractivity contribution in [3.63, 3.8) is 0 Å². The van der Waals surface area contributed by atoms with E-state index in [1.54, 1.807) is 6.07 Å². The second kappa shape index (κ2) is 8.88. The maximum absolute atomic E-state index is 14.3. The van der Waals surface area contributed by atoms with Crippen LogP contribution in [0.1, 0.15) is 102 Å². The van der Waals surface area contributed by atoms with Crippen LogP contribution < -0.4 is 9.64 Å². The molecule has 0 atom stereocenters. The number of carbonyl (C=O) groups excluding carboxylic acids is 1. The molecule has 0 saturated heterocycles. The van der Waals surface area contributed by atoms with E-state index < -0.39 is 5.67 Å². The Labute approximate surface area is 239 Å². The summed E-state index contributed by atoms with van der Waals surface area (Å²) >= 11 is 0. The third-order valence-electron chi connectivity index (χ3n) is 10.9. The first-order valence-electron chi connectivity index (χ1n) is 15.3. The highest BCUT2D eigenvalue weighted by Crippen LogP contribution is 2.71. The fourth-order valence-corrected chi connectivity index (χ4v) is 8.34. The van der Waals surface area contributed by atoms with E-state index in [0.29, 0.717) is 56.4 Å². The standard InChI is InChI=1S/C32H37FN4O4/c1-2-39-26-15-24(35-40-26)22-4-3-5-23(14-22)37(25(38)16-30-17-32(33,18-30)19-30)20-29-8-11-31(12-9-29,13-10-29)28-34-27(36-41-28)21-6-7-21/h3-5,14-15,21H,2,6-13,16-20H2,1H3. The van der Waals surface area contributed by atoms with Gasteiger partial charge in [0, 0.05) is 35.5 Å². The van der Waals surface area contributed by atoms with Crippen LogP contribution in [0.25, 0.3) is 11.3 Å². The molecule has 1 amide bonds. The number of fused-ring (bicyclic) bond motifs is 3. The van der Waals surface area contributed by atoms with Gasteiger partial charge in [-0.05, 0) is 101 Å². The minimum absolute atomic E-state index is 0.0247. The molecule has 0 radical (unpaired) electrons. The van der Waals surface area contributed by atoms with Crippen LogP contribution in [-0.4, -0.2) is 40.0 Å². The van der Waals surface area contributed by atoms with Gasteiger partial charge in [-0.1, -0.05) is 22.4 Å². The Hall–Kier alpha value is -3.23. The third-order valence-corrected chi connectivity index (χ3v) is 10.9. The quantitative estimate of drug-likeness (QED) is 0.266. The van der Waals surface area contributed by atoms with Gasteiger partial charge in [0.1, 0.15) is 11.4 Å². The fourth-order valence-electron chi connectivity index (χ4n) is 8.34. The molecule has 3 aromatic rings. The van der Waals surface area contributed by atoms with E-state index in [1.165, 1.54) is 0 Å². The molecule has 7 fully saturated rings. The van der Waals surface area contributed by atoms with E-state index >= 15 is 0 Å². The maximum atomic E-state index is 14.3. The van der Waals surface area contributed by atoms with Gasteiger partial charge in [-0.15, -0.1) is 0 Å². The molecule has 10 rings (SSSR count). The van der Waals surface area contributed by atoms with Crippen molar-refractivity contribution in [2.45, 2.75) is 101 Å². The zero-order valence-electron chi connectivity index (χ0n) is 23.7. The second-order valence-electron chi connectivity index (χ2n) is 13.9. The lowest BCUT2D eigenvalue weighted by molar-refractivity contribution is -0.215. The monoisotopic (exact) mass is 560 g/mol. The van der Waals surface area contributed by atoms with Gasteiger partial charge in [0.15, 0.2) is 5.82 Å². The van der Waals surface area contributed by atoms with Crippen molar-refractivity contribution in [2.24, 2.45) is 10.8 Å². The number of alkyl halides is 1. The second-order valence-corrected chi connectivity index (χ2v) is 13.9. The molecule has 0 unspecified atom stereocenters. The lowest BCUT2D eigenvalue weighted by atomic mass is 9.41. The van der Waals surface area contributed by atoms with Crippen LogP contribution in [0.2, 0.25) is 0 Å². The minimum atomic E-state index is -1.01. The van der Waals surface area contributed by atoms with Crippen molar-refractivity contribution < 1.29 is 23.0 Å². The summed E-state index contributed by atoms with van der Waals surface area (Å²) in [4.78, 5) is 20.9. The molecule has 1 aromatic carbocycles. The number of hydrogen-bond acceptors (Lipinski definition) is 7. The van der Waals surface area contributed by atoms with Gasteiger partial charge in [0.25, 0.3) is 0 Å². The maximum Gasteiger partial charge on any atom is 0.311 e. The number of nitrogens with zero attached hydrogens (tertiary/aromatic N) is 4. The van der Waals surface area contributed by atoms with E-state index in [9.17, 15) is 9.18 Å². The van der Waals surface area contributed by atoms with Crippen LogP contribution >= 0.6 is 0 Å². The van der Waals surface area contributed by atoms with Crippen molar-refractivity contribution in [3.8, 4) is 17.2 Å². The van der Waals surface area contributed by atoms with E-state index in [2.05, 4.69) is 10.3 Å². The van der Waals surface area contributed by atoms with Crippen LogP contribution in [-0.2, 0) is 10.2 Å². The van der Waals surface area contributed by atoms with Crippen LogP contribution in [0.3, 0.4) is 0 Å². The summed E-state index contributed by atoms with van der Waals surface area (Å²) in [5, 5.41) is 8.49. The van der Waals surface area contributed by atoms with E-state index in [1.807, 2.05) is 36.1 Å². The third kappa shape index (κ3) is 4.29. The van der Waals surface area contributed by atoms with Crippen molar-refractivity contribution in [2.75, 3.05) is 18.1 Å². The minimum Gasteiger partial charge on any atom is -0.464 e. The Morgan fingerprint density at radius 2 is 1.78 bits per heavy atom. The Morgan fingerprint density at radius 3 is 2.46 bits per heavy atom. The number of ether oxygens (including phenoxy) is 1. The van der Waals surface area contributed by atoms with Crippen molar-refractivity contribution in [1.29, 1.82) is 0 Å². The highest BCUT2D eigenvalue weighted by atomic mass is 19.1. The summed E-state index contributed by atoms with van der Waals surface area (Å²) < 4.78 is 31.0. The van der Waals surface area contributed by atoms with Crippen LogP contribution in [0, 0.1) is 10.8 Å². The summed E-state index contributed by atoms with van der Waals surface area (Å²) in [5.41, 5.74) is 1.26. The van der Waals surface area contributed by atoms with Crippen molar-refractivity contribution in [1.82, 2.24) is 15.3 Å². The molecule has 0 spiro atoms. The Balaban J connectivity index is 1.04. The summed E-state index contributed by atoms with van der Waals surface area (Å²) in [7, 11) is 0. The van der Waals surface area contributed by atoms with Crippen molar-refractivity contribution in [3.05, 3.63) is 42.0 Å². The first kappa shape index (κ1) is 25.5. The normalized spacial score (nSPS) is 33.2. The fraction of sp³-hybridized carbons (Fsp3) is 0.625. The smallest absolute Gasteiger partial charge is 0.311 e. The van der Waals surface area contributed by atoms with Crippen LogP contribution in [0.15, 0.2) is 39.4 Å². The van der Waals surface area contributed by atoms with Crippen LogP contribution in [0.5, 0.6) is 5.95 Å². The SMILES string of the molecule is CCOc1cc(-c2cccc(N(CC34CCC(c5nc(C6CC6)no5)(CC3)CC4)C(=O)CC34CC(F)(C3)C4)c2)no1. The number of anilines is 1. The predicted octanol–water partition coefficient (Wildman–Crippen LogP) is 6.91. The van der Waals surface area contributed by atoms with E-state index in [0.717, 1.165) is 74.3 Å². The molecular formula is C32H37FN4O4. The molecule has 216 valence electrons. The zero-order chi connectivity index (χ0) is 27.9. The predicted molar refractivity (Wildman–Crippen MR) is 148 cm³/mol. The molecule has 4 bridgehead atoms. The van der Waals surface area contributed by atoms with Gasteiger partial charge < -0.3 is 18.7 Å². The molecule has 7 aliphatic carbocycles. The largest absolute Gasteiger partial charge is 0.464 e. The number of benzene rings is 1. The molecule has 2 heterocycles. The Bertz CT molecular complexity index is 1450. The molecule has 2 aromatic heterocycles. The molecule has 7 saturated carbocycles. The van der Waals surface area contributed by atoms with Gasteiger partial charge in [-0.25, -0.2) is 4.39 Å². The van der Waals surface area contributed by atoms with Crippen LogP contribution in [0.4, 0.5) is 10.1 Å². The number of halogens is 1. The lowest BCUT2D eigenvalue weighted by Gasteiger charge is -2.66. The molecule has 0 aliphatic heterocycles. The van der Waals surface area contributed by atoms with E-state index in [4.69, 9.17) is 18.8 Å². The topological polar surface area (TPSA) is 94.5 Å². The van der Waals surface area contributed by atoms with Gasteiger partial charge >= 0.3 is 5.95 Å². The molecule has 8 nitrogen and oxygen atoms in total. The average molecular weight is 561 g/mol.